The van der Waals surface area contributed by atoms with Crippen LogP contribution in [0.1, 0.15) is 19.4 Å². The lowest BCUT2D eigenvalue weighted by Crippen LogP contribution is -2.23. The molecule has 0 aliphatic heterocycles. The molecule has 2 rings (SSSR count). The van der Waals surface area contributed by atoms with Gasteiger partial charge >= 0.3 is 0 Å². The van der Waals surface area contributed by atoms with Crippen LogP contribution in [0, 0.1) is 0 Å². The molecule has 0 atom stereocenters. The monoisotopic (exact) mass is 345 g/mol. The number of ether oxygens (including phenoxy) is 1. The van der Waals surface area contributed by atoms with Crippen molar-refractivity contribution in [1.29, 1.82) is 0 Å². The Bertz CT molecular complexity index is 688. The lowest BCUT2D eigenvalue weighted by atomic mass is 10.1. The molecule has 128 valence electrons. The van der Waals surface area contributed by atoms with E-state index in [-0.39, 0.29) is 0 Å². The van der Waals surface area contributed by atoms with Crippen molar-refractivity contribution in [3.8, 4) is 0 Å². The Hall–Kier alpha value is -2.04. The van der Waals surface area contributed by atoms with Crippen LogP contribution in [-0.4, -0.2) is 33.1 Å². The number of para-hydroxylation sites is 1. The molecule has 0 heterocycles. The van der Waals surface area contributed by atoms with Crippen LogP contribution < -0.4 is 9.91 Å². The maximum Gasteiger partial charge on any atom is 0.118 e. The number of hydrazone groups is 1. The van der Waals surface area contributed by atoms with Gasteiger partial charge in [0.2, 0.25) is 0 Å². The Kier molecular flexibility index (Phi) is 6.64. The highest BCUT2D eigenvalue weighted by Gasteiger charge is 2.12. The van der Waals surface area contributed by atoms with E-state index in [1.165, 1.54) is 0 Å². The van der Waals surface area contributed by atoms with Gasteiger partial charge in [0.05, 0.1) is 11.4 Å². The minimum atomic E-state index is 0.521. The van der Waals surface area contributed by atoms with Crippen molar-refractivity contribution in [1.82, 2.24) is 0 Å². The Morgan fingerprint density at radius 2 is 1.83 bits per heavy atom. The zero-order valence-electron chi connectivity index (χ0n) is 14.7. The van der Waals surface area contributed by atoms with Crippen LogP contribution in [0.5, 0.6) is 0 Å². The number of halogens is 1. The summed E-state index contributed by atoms with van der Waals surface area (Å²) in [6.07, 6.45) is 0. The quantitative estimate of drug-likeness (QED) is 0.416. The third-order valence-corrected chi connectivity index (χ3v) is 3.91. The Morgan fingerprint density at radius 3 is 2.50 bits per heavy atom. The minimum absolute atomic E-state index is 0.521. The predicted octanol–water partition coefficient (Wildman–Crippen LogP) is 4.63. The van der Waals surface area contributed by atoms with Gasteiger partial charge < -0.3 is 9.64 Å². The normalized spacial score (nSPS) is 11.5. The van der Waals surface area contributed by atoms with Gasteiger partial charge in [0.15, 0.2) is 0 Å². The molecule has 2 aromatic rings. The van der Waals surface area contributed by atoms with Crippen molar-refractivity contribution in [2.75, 3.05) is 37.3 Å². The summed E-state index contributed by atoms with van der Waals surface area (Å²) in [6.45, 7) is 5.17. The van der Waals surface area contributed by atoms with Gasteiger partial charge in [-0.15, -0.1) is 0 Å². The van der Waals surface area contributed by atoms with Gasteiger partial charge in [-0.05, 0) is 44.2 Å². The SMILES string of the molecule is CCOCN(C)c1ccc(Cl)cc1/C(C)=N\N(C)c1ccccc1. The molecule has 0 aliphatic carbocycles. The molecule has 0 saturated heterocycles. The molecule has 0 spiro atoms. The first-order chi connectivity index (χ1) is 11.5. The smallest absolute Gasteiger partial charge is 0.118 e. The first-order valence-electron chi connectivity index (χ1n) is 7.95. The zero-order chi connectivity index (χ0) is 17.5. The van der Waals surface area contributed by atoms with Gasteiger partial charge in [-0.3, -0.25) is 5.01 Å². The highest BCUT2D eigenvalue weighted by atomic mass is 35.5. The van der Waals surface area contributed by atoms with Gasteiger partial charge in [0.1, 0.15) is 6.73 Å². The molecule has 0 N–H and O–H groups in total. The maximum absolute atomic E-state index is 6.21. The summed E-state index contributed by atoms with van der Waals surface area (Å²) >= 11 is 6.21. The molecule has 0 bridgehead atoms. The van der Waals surface area contributed by atoms with Crippen LogP contribution in [0.4, 0.5) is 11.4 Å². The topological polar surface area (TPSA) is 28.1 Å². The van der Waals surface area contributed by atoms with E-state index in [2.05, 4.69) is 4.90 Å². The van der Waals surface area contributed by atoms with E-state index in [4.69, 9.17) is 21.4 Å². The third kappa shape index (κ3) is 4.73. The van der Waals surface area contributed by atoms with Crippen LogP contribution in [0.15, 0.2) is 53.6 Å². The second kappa shape index (κ2) is 8.71. The maximum atomic E-state index is 6.21. The summed E-state index contributed by atoms with van der Waals surface area (Å²) in [5.74, 6) is 0. The Labute approximate surface area is 149 Å². The lowest BCUT2D eigenvalue weighted by molar-refractivity contribution is 0.151. The van der Waals surface area contributed by atoms with Crippen molar-refractivity contribution < 1.29 is 4.74 Å². The van der Waals surface area contributed by atoms with E-state index in [9.17, 15) is 0 Å². The van der Waals surface area contributed by atoms with Crippen molar-refractivity contribution >= 4 is 28.7 Å². The minimum Gasteiger partial charge on any atom is -0.361 e. The fraction of sp³-hybridized carbons (Fsp3) is 0.316. The van der Waals surface area contributed by atoms with Gasteiger partial charge in [-0.1, -0.05) is 29.8 Å². The van der Waals surface area contributed by atoms with E-state index < -0.39 is 0 Å². The molecule has 0 aromatic heterocycles. The summed E-state index contributed by atoms with van der Waals surface area (Å²) < 4.78 is 5.51. The second-order valence-electron chi connectivity index (χ2n) is 5.53. The molecule has 0 aliphatic rings. The molecule has 24 heavy (non-hydrogen) atoms. The standard InChI is InChI=1S/C19H24ClN3O/c1-5-24-14-22(3)19-12-11-16(20)13-18(19)15(2)21-23(4)17-9-7-6-8-10-17/h6-13H,5,14H2,1-4H3/b21-15-. The second-order valence-corrected chi connectivity index (χ2v) is 5.96. The molecule has 2 aromatic carbocycles. The molecule has 0 amide bonds. The number of hydrogen-bond acceptors (Lipinski definition) is 4. The molecule has 5 heteroatoms. The van der Waals surface area contributed by atoms with Gasteiger partial charge in [0, 0.05) is 37.0 Å². The fourth-order valence-electron chi connectivity index (χ4n) is 2.41. The molecule has 0 unspecified atom stereocenters. The van der Waals surface area contributed by atoms with Gasteiger partial charge in [0.25, 0.3) is 0 Å². The number of rotatable bonds is 7. The van der Waals surface area contributed by atoms with Crippen LogP contribution >= 0.6 is 11.6 Å². The molecule has 0 fully saturated rings. The van der Waals surface area contributed by atoms with Crippen molar-refractivity contribution in [3.05, 3.63) is 59.1 Å². The van der Waals surface area contributed by atoms with Crippen molar-refractivity contribution in [2.45, 2.75) is 13.8 Å². The molecular weight excluding hydrogens is 322 g/mol. The van der Waals surface area contributed by atoms with Crippen LogP contribution in [0.3, 0.4) is 0 Å². The average Bonchev–Trinajstić information content (AvgIpc) is 2.60. The fourth-order valence-corrected chi connectivity index (χ4v) is 2.58. The predicted molar refractivity (Wildman–Crippen MR) is 103 cm³/mol. The molecule has 0 radical (unpaired) electrons. The molecule has 0 saturated carbocycles. The largest absolute Gasteiger partial charge is 0.361 e. The Morgan fingerprint density at radius 1 is 1.12 bits per heavy atom. The summed E-state index contributed by atoms with van der Waals surface area (Å²) in [7, 11) is 3.93. The highest BCUT2D eigenvalue weighted by Crippen LogP contribution is 2.25. The van der Waals surface area contributed by atoms with Crippen LogP contribution in [-0.2, 0) is 4.74 Å². The summed E-state index contributed by atoms with van der Waals surface area (Å²) in [4.78, 5) is 2.05. The van der Waals surface area contributed by atoms with Crippen LogP contribution in [0.2, 0.25) is 5.02 Å². The number of nitrogens with zero attached hydrogens (tertiary/aromatic N) is 3. The van der Waals surface area contributed by atoms with E-state index >= 15 is 0 Å². The molecular formula is C19H24ClN3O. The first kappa shape index (κ1) is 18.3. The van der Waals surface area contributed by atoms with E-state index in [1.54, 1.807) is 0 Å². The van der Waals surface area contributed by atoms with Gasteiger partial charge in [-0.2, -0.15) is 5.10 Å². The zero-order valence-corrected chi connectivity index (χ0v) is 15.4. The average molecular weight is 346 g/mol. The summed E-state index contributed by atoms with van der Waals surface area (Å²) in [5.41, 5.74) is 3.95. The highest BCUT2D eigenvalue weighted by molar-refractivity contribution is 6.31. The summed E-state index contributed by atoms with van der Waals surface area (Å²) in [6, 6.07) is 15.9. The number of benzene rings is 2. The first-order valence-corrected chi connectivity index (χ1v) is 8.33. The van der Waals surface area contributed by atoms with Gasteiger partial charge in [-0.25, -0.2) is 0 Å². The molecule has 4 nitrogen and oxygen atoms in total. The van der Waals surface area contributed by atoms with E-state index in [1.807, 2.05) is 81.5 Å². The Balaban J connectivity index is 2.32. The van der Waals surface area contributed by atoms with Crippen molar-refractivity contribution in [3.63, 3.8) is 0 Å². The summed E-state index contributed by atoms with van der Waals surface area (Å²) in [5, 5.41) is 7.26. The van der Waals surface area contributed by atoms with E-state index in [0.717, 1.165) is 22.6 Å². The van der Waals surface area contributed by atoms with Crippen molar-refractivity contribution in [2.24, 2.45) is 5.10 Å². The lowest BCUT2D eigenvalue weighted by Gasteiger charge is -2.23. The number of anilines is 2. The van der Waals surface area contributed by atoms with Crippen LogP contribution in [0.25, 0.3) is 0 Å². The van der Waals surface area contributed by atoms with E-state index in [0.29, 0.717) is 18.4 Å². The third-order valence-electron chi connectivity index (χ3n) is 3.68. The number of hydrogen-bond donors (Lipinski definition) is 0.